The number of aromatic nitrogens is 5. The lowest BCUT2D eigenvalue weighted by Crippen LogP contribution is -2.06. The van der Waals surface area contributed by atoms with Crippen molar-refractivity contribution in [1.82, 2.24) is 25.0 Å². The number of Topliss-reactive ketones (excluding diaryl/α,β-unsaturated/α-hetero) is 1. The van der Waals surface area contributed by atoms with Gasteiger partial charge in [0.2, 0.25) is 0 Å². The van der Waals surface area contributed by atoms with E-state index in [0.717, 1.165) is 5.69 Å². The number of carbonyl (C=O) groups is 1. The molecular weight excluding hydrogens is 218 g/mol. The Morgan fingerprint density at radius 2 is 2.00 bits per heavy atom. The van der Waals surface area contributed by atoms with E-state index >= 15 is 0 Å². The SMILES string of the molecule is CCC(=O)c1nnn(-c2cncnc2)c1CC. The summed E-state index contributed by atoms with van der Waals surface area (Å²) < 4.78 is 1.61. The Labute approximate surface area is 98.7 Å². The Morgan fingerprint density at radius 1 is 1.29 bits per heavy atom. The fourth-order valence-corrected chi connectivity index (χ4v) is 1.61. The summed E-state index contributed by atoms with van der Waals surface area (Å²) in [6.45, 7) is 3.78. The predicted octanol–water partition coefficient (Wildman–Crippen LogP) is 1.21. The van der Waals surface area contributed by atoms with Gasteiger partial charge >= 0.3 is 0 Å². The van der Waals surface area contributed by atoms with Crippen LogP contribution in [-0.2, 0) is 6.42 Å². The van der Waals surface area contributed by atoms with E-state index in [4.69, 9.17) is 0 Å². The van der Waals surface area contributed by atoms with Crippen molar-refractivity contribution in [2.45, 2.75) is 26.7 Å². The molecule has 6 nitrogen and oxygen atoms in total. The highest BCUT2D eigenvalue weighted by Gasteiger charge is 2.17. The molecule has 17 heavy (non-hydrogen) atoms. The second-order valence-electron chi connectivity index (χ2n) is 3.52. The van der Waals surface area contributed by atoms with Gasteiger partial charge in [-0.25, -0.2) is 14.6 Å². The smallest absolute Gasteiger partial charge is 0.184 e. The zero-order valence-electron chi connectivity index (χ0n) is 9.79. The van der Waals surface area contributed by atoms with Gasteiger partial charge in [-0.2, -0.15) is 0 Å². The zero-order valence-corrected chi connectivity index (χ0v) is 9.79. The monoisotopic (exact) mass is 231 g/mol. The lowest BCUT2D eigenvalue weighted by atomic mass is 10.1. The average molecular weight is 231 g/mol. The Morgan fingerprint density at radius 3 is 2.59 bits per heavy atom. The van der Waals surface area contributed by atoms with Gasteiger partial charge in [-0.05, 0) is 6.42 Å². The highest BCUT2D eigenvalue weighted by molar-refractivity contribution is 5.95. The molecule has 2 aromatic heterocycles. The minimum Gasteiger partial charge on any atom is -0.292 e. The van der Waals surface area contributed by atoms with Crippen molar-refractivity contribution in [3.05, 3.63) is 30.1 Å². The summed E-state index contributed by atoms with van der Waals surface area (Å²) in [5, 5.41) is 7.93. The van der Waals surface area contributed by atoms with E-state index in [-0.39, 0.29) is 5.78 Å². The summed E-state index contributed by atoms with van der Waals surface area (Å²) >= 11 is 0. The molecule has 0 bridgehead atoms. The number of nitrogens with zero attached hydrogens (tertiary/aromatic N) is 5. The lowest BCUT2D eigenvalue weighted by Gasteiger charge is -2.03. The molecule has 0 unspecified atom stereocenters. The molecule has 0 aromatic carbocycles. The van der Waals surface area contributed by atoms with Crippen molar-refractivity contribution in [2.75, 3.05) is 0 Å². The fourth-order valence-electron chi connectivity index (χ4n) is 1.61. The molecule has 0 saturated carbocycles. The lowest BCUT2D eigenvalue weighted by molar-refractivity contribution is 0.0982. The standard InChI is InChI=1S/C11H13N5O/c1-3-9-11(10(17)4-2)14-15-16(9)8-5-12-7-13-6-8/h5-7H,3-4H2,1-2H3. The zero-order chi connectivity index (χ0) is 12.3. The third-order valence-corrected chi connectivity index (χ3v) is 2.47. The van der Waals surface area contributed by atoms with E-state index in [9.17, 15) is 4.79 Å². The van der Waals surface area contributed by atoms with Crippen molar-refractivity contribution in [2.24, 2.45) is 0 Å². The first kappa shape index (κ1) is 11.4. The molecule has 0 aliphatic carbocycles. The van der Waals surface area contributed by atoms with Gasteiger partial charge in [0.05, 0.1) is 18.1 Å². The Balaban J connectivity index is 2.50. The average Bonchev–Trinajstić information content (AvgIpc) is 2.82. The summed E-state index contributed by atoms with van der Waals surface area (Å²) in [5.74, 6) is 0.00458. The molecule has 0 spiro atoms. The number of hydrogen-bond donors (Lipinski definition) is 0. The van der Waals surface area contributed by atoms with Crippen LogP contribution >= 0.6 is 0 Å². The topological polar surface area (TPSA) is 73.6 Å². The van der Waals surface area contributed by atoms with Crippen LogP contribution < -0.4 is 0 Å². The van der Waals surface area contributed by atoms with Crippen LogP contribution in [0.2, 0.25) is 0 Å². The maximum Gasteiger partial charge on any atom is 0.184 e. The second-order valence-corrected chi connectivity index (χ2v) is 3.52. The molecule has 2 aromatic rings. The first-order valence-corrected chi connectivity index (χ1v) is 5.51. The summed E-state index contributed by atoms with van der Waals surface area (Å²) in [7, 11) is 0. The number of rotatable bonds is 4. The summed E-state index contributed by atoms with van der Waals surface area (Å²) in [6.07, 6.45) is 5.84. The van der Waals surface area contributed by atoms with Gasteiger partial charge in [-0.3, -0.25) is 4.79 Å². The first-order chi connectivity index (χ1) is 8.27. The van der Waals surface area contributed by atoms with E-state index < -0.39 is 0 Å². The van der Waals surface area contributed by atoms with Crippen molar-refractivity contribution in [3.63, 3.8) is 0 Å². The molecule has 2 rings (SSSR count). The predicted molar refractivity (Wildman–Crippen MR) is 60.9 cm³/mol. The highest BCUT2D eigenvalue weighted by atomic mass is 16.1. The van der Waals surface area contributed by atoms with Gasteiger partial charge in [0.1, 0.15) is 12.0 Å². The van der Waals surface area contributed by atoms with E-state index in [2.05, 4.69) is 20.3 Å². The maximum atomic E-state index is 11.7. The van der Waals surface area contributed by atoms with Crippen molar-refractivity contribution in [3.8, 4) is 5.69 Å². The van der Waals surface area contributed by atoms with Gasteiger partial charge in [-0.1, -0.05) is 19.1 Å². The van der Waals surface area contributed by atoms with Crippen LogP contribution in [0.5, 0.6) is 0 Å². The summed E-state index contributed by atoms with van der Waals surface area (Å²) in [4.78, 5) is 19.5. The molecular formula is C11H13N5O. The molecule has 0 radical (unpaired) electrons. The molecule has 0 aliphatic heterocycles. The van der Waals surface area contributed by atoms with Crippen molar-refractivity contribution >= 4 is 5.78 Å². The Bertz CT molecular complexity index is 520. The first-order valence-electron chi connectivity index (χ1n) is 5.51. The molecule has 0 N–H and O–H groups in total. The molecule has 88 valence electrons. The number of hydrogen-bond acceptors (Lipinski definition) is 5. The van der Waals surface area contributed by atoms with Gasteiger partial charge in [0, 0.05) is 6.42 Å². The minimum absolute atomic E-state index is 0.00458. The van der Waals surface area contributed by atoms with Gasteiger partial charge in [0.25, 0.3) is 0 Å². The van der Waals surface area contributed by atoms with Crippen LogP contribution in [0.4, 0.5) is 0 Å². The van der Waals surface area contributed by atoms with Crippen molar-refractivity contribution in [1.29, 1.82) is 0 Å². The fraction of sp³-hybridized carbons (Fsp3) is 0.364. The van der Waals surface area contributed by atoms with E-state index in [1.54, 1.807) is 17.1 Å². The van der Waals surface area contributed by atoms with E-state index in [0.29, 0.717) is 24.2 Å². The quantitative estimate of drug-likeness (QED) is 0.739. The third-order valence-electron chi connectivity index (χ3n) is 2.47. The summed E-state index contributed by atoms with van der Waals surface area (Å²) in [6, 6.07) is 0. The second kappa shape index (κ2) is 4.82. The largest absolute Gasteiger partial charge is 0.292 e. The van der Waals surface area contributed by atoms with Gasteiger partial charge in [-0.15, -0.1) is 5.10 Å². The molecule has 0 fully saturated rings. The Kier molecular flexibility index (Phi) is 3.22. The van der Waals surface area contributed by atoms with E-state index in [1.165, 1.54) is 6.33 Å². The highest BCUT2D eigenvalue weighted by Crippen LogP contribution is 2.13. The van der Waals surface area contributed by atoms with Crippen LogP contribution in [0.3, 0.4) is 0 Å². The molecule has 0 amide bonds. The molecule has 6 heteroatoms. The van der Waals surface area contributed by atoms with Crippen LogP contribution in [0, 0.1) is 0 Å². The number of ketones is 1. The van der Waals surface area contributed by atoms with Crippen LogP contribution in [0.15, 0.2) is 18.7 Å². The summed E-state index contributed by atoms with van der Waals surface area (Å²) in [5.41, 5.74) is 1.96. The molecule has 0 atom stereocenters. The van der Waals surface area contributed by atoms with Gasteiger partial charge in [0.15, 0.2) is 11.5 Å². The Hall–Kier alpha value is -2.11. The van der Waals surface area contributed by atoms with Crippen LogP contribution in [-0.4, -0.2) is 30.7 Å². The molecule has 0 aliphatic rings. The third kappa shape index (κ3) is 2.06. The normalized spacial score (nSPS) is 10.5. The minimum atomic E-state index is 0.00458. The van der Waals surface area contributed by atoms with E-state index in [1.807, 2.05) is 13.8 Å². The van der Waals surface area contributed by atoms with Crippen molar-refractivity contribution < 1.29 is 4.79 Å². The maximum absolute atomic E-state index is 11.7. The molecule has 2 heterocycles. The van der Waals surface area contributed by atoms with Crippen LogP contribution in [0.1, 0.15) is 36.5 Å². The van der Waals surface area contributed by atoms with Crippen LogP contribution in [0.25, 0.3) is 5.69 Å². The molecule has 0 saturated heterocycles. The van der Waals surface area contributed by atoms with Gasteiger partial charge < -0.3 is 0 Å². The number of carbonyl (C=O) groups excluding carboxylic acids is 1.